The highest BCUT2D eigenvalue weighted by Gasteiger charge is 2.35. The monoisotopic (exact) mass is 541 g/mol. The summed E-state index contributed by atoms with van der Waals surface area (Å²) in [6.45, 7) is 9.12. The van der Waals surface area contributed by atoms with E-state index in [0.29, 0.717) is 41.4 Å². The van der Waals surface area contributed by atoms with Crippen molar-refractivity contribution in [2.75, 3.05) is 11.9 Å². The van der Waals surface area contributed by atoms with E-state index in [1.807, 2.05) is 13.0 Å². The highest BCUT2D eigenvalue weighted by Crippen LogP contribution is 2.50. The first-order valence-corrected chi connectivity index (χ1v) is 14.7. The maximum atomic E-state index is 13.1. The number of anilines is 1. The Balaban J connectivity index is 1.34. The van der Waals surface area contributed by atoms with Gasteiger partial charge in [0, 0.05) is 12.1 Å². The number of aryl methyl sites for hydroxylation is 1. The van der Waals surface area contributed by atoms with Crippen LogP contribution in [0.1, 0.15) is 97.3 Å². The van der Waals surface area contributed by atoms with Gasteiger partial charge in [-0.3, -0.25) is 9.59 Å². The number of rotatable bonds is 13. The highest BCUT2D eigenvalue weighted by molar-refractivity contribution is 6.06. The molecule has 4 rings (SSSR count). The number of carboxylic acids is 1. The molecule has 3 aromatic rings. The summed E-state index contributed by atoms with van der Waals surface area (Å²) in [6, 6.07) is 22.8. The minimum Gasteiger partial charge on any atom is -0.493 e. The van der Waals surface area contributed by atoms with Crippen LogP contribution in [0.4, 0.5) is 5.69 Å². The third kappa shape index (κ3) is 7.53. The minimum absolute atomic E-state index is 0.0340. The molecular weight excluding hydrogens is 498 g/mol. The van der Waals surface area contributed by atoms with Crippen LogP contribution in [0.3, 0.4) is 0 Å². The second-order valence-corrected chi connectivity index (χ2v) is 11.7. The van der Waals surface area contributed by atoms with Gasteiger partial charge in [-0.25, -0.2) is 0 Å². The molecule has 1 amide bonds. The summed E-state index contributed by atoms with van der Waals surface area (Å²) in [6.07, 6.45) is 5.11. The summed E-state index contributed by atoms with van der Waals surface area (Å²) >= 11 is 0. The Hall–Kier alpha value is -3.60. The summed E-state index contributed by atoms with van der Waals surface area (Å²) in [5.41, 5.74) is 6.51. The number of hydrogen-bond donors (Lipinski definition) is 2. The summed E-state index contributed by atoms with van der Waals surface area (Å²) in [4.78, 5) is 23.8. The van der Waals surface area contributed by atoms with Crippen LogP contribution in [0, 0.1) is 18.8 Å². The number of amides is 1. The molecule has 5 nitrogen and oxygen atoms in total. The lowest BCUT2D eigenvalue weighted by atomic mass is 9.64. The summed E-state index contributed by atoms with van der Waals surface area (Å²) < 4.78 is 5.72. The zero-order valence-electron chi connectivity index (χ0n) is 24.3. The van der Waals surface area contributed by atoms with Crippen LogP contribution in [0.15, 0.2) is 66.7 Å². The van der Waals surface area contributed by atoms with E-state index in [2.05, 4.69) is 62.5 Å². The predicted octanol–water partition coefficient (Wildman–Crippen LogP) is 8.38. The molecule has 1 unspecified atom stereocenters. The number of carbonyl (C=O) groups excluding carboxylic acids is 1. The van der Waals surface area contributed by atoms with Crippen LogP contribution in [-0.4, -0.2) is 23.6 Å². The molecule has 0 aromatic heterocycles. The molecule has 1 fully saturated rings. The van der Waals surface area contributed by atoms with Gasteiger partial charge < -0.3 is 15.2 Å². The lowest BCUT2D eigenvalue weighted by Crippen LogP contribution is -2.27. The highest BCUT2D eigenvalue weighted by atomic mass is 16.5. The Morgan fingerprint density at radius 3 is 2.40 bits per heavy atom. The third-order valence-electron chi connectivity index (χ3n) is 8.13. The van der Waals surface area contributed by atoms with Crippen LogP contribution in [-0.2, 0) is 11.2 Å². The van der Waals surface area contributed by atoms with Crippen LogP contribution >= 0.6 is 0 Å². The second-order valence-electron chi connectivity index (χ2n) is 11.7. The number of carboxylic acid groups (broad SMARTS) is 1. The lowest BCUT2D eigenvalue weighted by Gasteiger charge is -2.41. The fourth-order valence-electron chi connectivity index (χ4n) is 5.93. The van der Waals surface area contributed by atoms with Crippen molar-refractivity contribution < 1.29 is 19.4 Å². The zero-order chi connectivity index (χ0) is 28.6. The zero-order valence-corrected chi connectivity index (χ0v) is 24.3. The Labute approximate surface area is 239 Å². The molecule has 2 N–H and O–H groups in total. The first kappa shape index (κ1) is 29.4. The quantitative estimate of drug-likeness (QED) is 0.213. The van der Waals surface area contributed by atoms with Gasteiger partial charge in [0.15, 0.2) is 0 Å². The molecule has 1 aliphatic rings. The average molecular weight is 542 g/mol. The largest absolute Gasteiger partial charge is 0.493 e. The van der Waals surface area contributed by atoms with Gasteiger partial charge in [0.25, 0.3) is 5.91 Å². The molecule has 0 saturated heterocycles. The van der Waals surface area contributed by atoms with Crippen molar-refractivity contribution in [3.63, 3.8) is 0 Å². The summed E-state index contributed by atoms with van der Waals surface area (Å²) in [7, 11) is 0. The summed E-state index contributed by atoms with van der Waals surface area (Å²) in [5.74, 6) is 1.91. The van der Waals surface area contributed by atoms with E-state index in [0.717, 1.165) is 24.1 Å². The van der Waals surface area contributed by atoms with Gasteiger partial charge in [0.05, 0.1) is 12.2 Å². The fourth-order valence-corrected chi connectivity index (χ4v) is 5.93. The molecule has 0 aliphatic heterocycles. The number of carbonyl (C=O) groups is 2. The first-order chi connectivity index (χ1) is 19.2. The Kier molecular flexibility index (Phi) is 10.0. The van der Waals surface area contributed by atoms with E-state index in [1.165, 1.54) is 29.5 Å². The van der Waals surface area contributed by atoms with Crippen molar-refractivity contribution in [3.05, 3.63) is 94.5 Å². The second kappa shape index (κ2) is 13.6. The molecule has 0 radical (unpaired) electrons. The van der Waals surface area contributed by atoms with E-state index >= 15 is 0 Å². The maximum absolute atomic E-state index is 13.1. The van der Waals surface area contributed by atoms with E-state index in [4.69, 9.17) is 9.84 Å². The summed E-state index contributed by atoms with van der Waals surface area (Å²) in [5, 5.41) is 11.9. The van der Waals surface area contributed by atoms with Gasteiger partial charge in [-0.1, -0.05) is 69.3 Å². The van der Waals surface area contributed by atoms with Gasteiger partial charge in [0.2, 0.25) is 0 Å². The van der Waals surface area contributed by atoms with Gasteiger partial charge in [-0.15, -0.1) is 0 Å². The van der Waals surface area contributed by atoms with E-state index < -0.39 is 5.97 Å². The smallest absolute Gasteiger partial charge is 0.303 e. The molecule has 40 heavy (non-hydrogen) atoms. The maximum Gasteiger partial charge on any atom is 0.303 e. The van der Waals surface area contributed by atoms with Crippen molar-refractivity contribution in [3.8, 4) is 5.75 Å². The van der Waals surface area contributed by atoms with Crippen LogP contribution in [0.25, 0.3) is 0 Å². The number of hydrogen-bond acceptors (Lipinski definition) is 3. The standard InChI is InChI=1S/C35H43NO4/c1-5-30(26-14-12-25(13-15-26)19-23(2)3)29-21-28(22-29)27-16-17-32(24(4)20-27)36-35(39)31-9-6-7-10-33(31)40-18-8-11-34(37)38/h6-7,9-10,12-17,20,23,28-30H,5,8,11,18-19,21-22H2,1-4H3,(H,36,39)(H,37,38). The molecule has 1 saturated carbocycles. The normalized spacial score (nSPS) is 17.2. The lowest BCUT2D eigenvalue weighted by molar-refractivity contribution is -0.137. The van der Waals surface area contributed by atoms with E-state index in [1.54, 1.807) is 24.3 Å². The van der Waals surface area contributed by atoms with Crippen LogP contribution < -0.4 is 10.1 Å². The number of aliphatic carboxylic acids is 1. The van der Waals surface area contributed by atoms with Crippen LogP contribution in [0.2, 0.25) is 0 Å². The fraction of sp³-hybridized carbons (Fsp3) is 0.429. The van der Waals surface area contributed by atoms with Crippen molar-refractivity contribution in [2.45, 2.75) is 78.1 Å². The molecule has 1 atom stereocenters. The molecule has 3 aromatic carbocycles. The molecule has 0 heterocycles. The predicted molar refractivity (Wildman–Crippen MR) is 161 cm³/mol. The van der Waals surface area contributed by atoms with E-state index in [-0.39, 0.29) is 18.9 Å². The third-order valence-corrected chi connectivity index (χ3v) is 8.13. The molecule has 5 heteroatoms. The van der Waals surface area contributed by atoms with Crippen molar-refractivity contribution in [1.82, 2.24) is 0 Å². The van der Waals surface area contributed by atoms with Crippen molar-refractivity contribution in [2.24, 2.45) is 11.8 Å². The minimum atomic E-state index is -0.858. The number of benzene rings is 3. The Morgan fingerprint density at radius 2 is 1.75 bits per heavy atom. The Bertz CT molecular complexity index is 1290. The van der Waals surface area contributed by atoms with E-state index in [9.17, 15) is 9.59 Å². The molecule has 212 valence electrons. The van der Waals surface area contributed by atoms with Crippen molar-refractivity contribution >= 4 is 17.6 Å². The van der Waals surface area contributed by atoms with Gasteiger partial charge in [-0.05, 0) is 103 Å². The van der Waals surface area contributed by atoms with Crippen molar-refractivity contribution in [1.29, 1.82) is 0 Å². The number of para-hydroxylation sites is 1. The molecule has 0 bridgehead atoms. The molecular formula is C35H43NO4. The Morgan fingerprint density at radius 1 is 1.02 bits per heavy atom. The number of nitrogens with one attached hydrogen (secondary N) is 1. The average Bonchev–Trinajstić information content (AvgIpc) is 2.90. The van der Waals surface area contributed by atoms with Gasteiger partial charge in [0.1, 0.15) is 5.75 Å². The SMILES string of the molecule is CCC(c1ccc(CC(C)C)cc1)C1CC(c2ccc(NC(=O)c3ccccc3OCCCC(=O)O)c(C)c2)C1. The number of ether oxygens (including phenoxy) is 1. The topological polar surface area (TPSA) is 75.6 Å². The molecule has 1 aliphatic carbocycles. The van der Waals surface area contributed by atoms with Gasteiger partial charge in [-0.2, -0.15) is 0 Å². The molecule has 0 spiro atoms. The van der Waals surface area contributed by atoms with Gasteiger partial charge >= 0.3 is 5.97 Å². The first-order valence-electron chi connectivity index (χ1n) is 14.7. The van der Waals surface area contributed by atoms with Crippen LogP contribution in [0.5, 0.6) is 5.75 Å².